The van der Waals surface area contributed by atoms with Crippen LogP contribution < -0.4 is 5.32 Å². The van der Waals surface area contributed by atoms with Gasteiger partial charge in [0.05, 0.1) is 21.7 Å². The molecule has 0 saturated heterocycles. The van der Waals surface area contributed by atoms with Crippen LogP contribution in [0.3, 0.4) is 0 Å². The lowest BCUT2D eigenvalue weighted by molar-refractivity contribution is 0.0940. The van der Waals surface area contributed by atoms with Crippen molar-refractivity contribution in [2.45, 2.75) is 13.0 Å². The lowest BCUT2D eigenvalue weighted by Gasteiger charge is -2.13. The second-order valence-electron chi connectivity index (χ2n) is 3.96. The highest BCUT2D eigenvalue weighted by molar-refractivity contribution is 7.10. The van der Waals surface area contributed by atoms with Crippen molar-refractivity contribution >= 4 is 40.4 Å². The Morgan fingerprint density at radius 2 is 2.11 bits per heavy atom. The number of hydrogen-bond donors (Lipinski definition) is 1. The second-order valence-corrected chi connectivity index (χ2v) is 5.75. The minimum atomic E-state index is -0.667. The molecule has 2 rings (SSSR count). The van der Waals surface area contributed by atoms with Crippen molar-refractivity contribution in [3.8, 4) is 0 Å². The van der Waals surface area contributed by atoms with E-state index in [2.05, 4.69) is 5.32 Å². The van der Waals surface area contributed by atoms with Crippen molar-refractivity contribution in [2.24, 2.45) is 0 Å². The standard InChI is InChI=1S/C13H10Cl2FNOS/c1-7(12-3-2-4-19-12)17-13(18)8-5-11(16)10(15)6-9(8)14/h2-7H,1H3,(H,17,18). The number of nitrogens with one attached hydrogen (secondary N) is 1. The van der Waals surface area contributed by atoms with Crippen LogP contribution >= 0.6 is 34.5 Å². The third kappa shape index (κ3) is 3.26. The third-order valence-electron chi connectivity index (χ3n) is 2.57. The third-order valence-corrected chi connectivity index (χ3v) is 4.23. The van der Waals surface area contributed by atoms with Crippen molar-refractivity contribution in [3.05, 3.63) is 55.9 Å². The number of carbonyl (C=O) groups is 1. The molecule has 1 N–H and O–H groups in total. The van der Waals surface area contributed by atoms with Gasteiger partial charge in [-0.25, -0.2) is 4.39 Å². The van der Waals surface area contributed by atoms with Crippen LogP contribution in [0.4, 0.5) is 4.39 Å². The Hall–Kier alpha value is -1.10. The molecule has 2 aromatic rings. The van der Waals surface area contributed by atoms with Gasteiger partial charge in [-0.05, 0) is 30.5 Å². The van der Waals surface area contributed by atoms with Crippen LogP contribution in [0.25, 0.3) is 0 Å². The van der Waals surface area contributed by atoms with Gasteiger partial charge in [-0.1, -0.05) is 29.3 Å². The molecule has 0 aliphatic heterocycles. The van der Waals surface area contributed by atoms with E-state index in [1.165, 1.54) is 17.4 Å². The summed E-state index contributed by atoms with van der Waals surface area (Å²) < 4.78 is 13.4. The lowest BCUT2D eigenvalue weighted by Crippen LogP contribution is -2.26. The maximum Gasteiger partial charge on any atom is 0.253 e. The maximum atomic E-state index is 13.4. The summed E-state index contributed by atoms with van der Waals surface area (Å²) in [5.41, 5.74) is 0.0759. The Morgan fingerprint density at radius 3 is 2.74 bits per heavy atom. The lowest BCUT2D eigenvalue weighted by atomic mass is 10.2. The van der Waals surface area contributed by atoms with Crippen molar-refractivity contribution in [2.75, 3.05) is 0 Å². The first kappa shape index (κ1) is 14.3. The van der Waals surface area contributed by atoms with E-state index in [1.807, 2.05) is 24.4 Å². The quantitative estimate of drug-likeness (QED) is 0.818. The average Bonchev–Trinajstić information content (AvgIpc) is 2.87. The highest BCUT2D eigenvalue weighted by atomic mass is 35.5. The van der Waals surface area contributed by atoms with E-state index in [0.717, 1.165) is 10.9 Å². The van der Waals surface area contributed by atoms with Gasteiger partial charge in [0, 0.05) is 4.88 Å². The van der Waals surface area contributed by atoms with Crippen molar-refractivity contribution in [3.63, 3.8) is 0 Å². The molecule has 0 aliphatic rings. The summed E-state index contributed by atoms with van der Waals surface area (Å²) in [5, 5.41) is 4.71. The second kappa shape index (κ2) is 5.90. The number of rotatable bonds is 3. The molecule has 1 unspecified atom stereocenters. The zero-order valence-corrected chi connectivity index (χ0v) is 12.2. The fraction of sp³-hybridized carbons (Fsp3) is 0.154. The molecule has 19 heavy (non-hydrogen) atoms. The van der Waals surface area contributed by atoms with Gasteiger partial charge in [0.2, 0.25) is 0 Å². The molecule has 0 spiro atoms. The van der Waals surface area contributed by atoms with E-state index < -0.39 is 11.7 Å². The molecule has 1 aromatic carbocycles. The first-order chi connectivity index (χ1) is 8.99. The van der Waals surface area contributed by atoms with E-state index >= 15 is 0 Å². The Bertz CT molecular complexity index is 601. The predicted molar refractivity (Wildman–Crippen MR) is 76.6 cm³/mol. The van der Waals surface area contributed by atoms with Crippen LogP contribution in [0, 0.1) is 5.82 Å². The van der Waals surface area contributed by atoms with Gasteiger partial charge in [-0.2, -0.15) is 0 Å². The molecule has 1 heterocycles. The Balaban J connectivity index is 2.19. The number of thiophene rings is 1. The molecule has 0 radical (unpaired) electrons. The summed E-state index contributed by atoms with van der Waals surface area (Å²) in [5.74, 6) is -1.10. The number of hydrogen-bond acceptors (Lipinski definition) is 2. The summed E-state index contributed by atoms with van der Waals surface area (Å²) in [6.07, 6.45) is 0. The smallest absolute Gasteiger partial charge is 0.253 e. The molecule has 6 heteroatoms. The van der Waals surface area contributed by atoms with Crippen LogP contribution in [-0.4, -0.2) is 5.91 Å². The molecular weight excluding hydrogens is 308 g/mol. The fourth-order valence-electron chi connectivity index (χ4n) is 1.58. The predicted octanol–water partition coefficient (Wildman–Crippen LogP) is 4.69. The summed E-state index contributed by atoms with van der Waals surface area (Å²) in [6.45, 7) is 1.85. The van der Waals surface area contributed by atoms with Crippen molar-refractivity contribution < 1.29 is 9.18 Å². The molecule has 1 amide bonds. The number of carbonyl (C=O) groups excluding carboxylic acids is 1. The largest absolute Gasteiger partial charge is 0.345 e. The molecule has 1 atom stereocenters. The van der Waals surface area contributed by atoms with Gasteiger partial charge in [-0.15, -0.1) is 11.3 Å². The van der Waals surface area contributed by atoms with Gasteiger partial charge in [0.1, 0.15) is 5.82 Å². The maximum absolute atomic E-state index is 13.4. The van der Waals surface area contributed by atoms with Crippen molar-refractivity contribution in [1.82, 2.24) is 5.32 Å². The van der Waals surface area contributed by atoms with Gasteiger partial charge < -0.3 is 5.32 Å². The Kier molecular flexibility index (Phi) is 4.45. The number of benzene rings is 1. The minimum Gasteiger partial charge on any atom is -0.345 e. The van der Waals surface area contributed by atoms with Crippen LogP contribution in [-0.2, 0) is 0 Å². The molecule has 100 valence electrons. The molecule has 0 aliphatic carbocycles. The average molecular weight is 318 g/mol. The van der Waals surface area contributed by atoms with E-state index in [-0.39, 0.29) is 21.7 Å². The molecule has 0 saturated carbocycles. The van der Waals surface area contributed by atoms with Crippen LogP contribution in [0.15, 0.2) is 29.6 Å². The minimum absolute atomic E-state index is 0.0759. The Labute approximate surface area is 124 Å². The molecule has 2 nitrogen and oxygen atoms in total. The van der Waals surface area contributed by atoms with Gasteiger partial charge in [0.25, 0.3) is 5.91 Å². The van der Waals surface area contributed by atoms with Gasteiger partial charge in [0.15, 0.2) is 0 Å². The normalized spacial score (nSPS) is 12.2. The molecule has 1 aromatic heterocycles. The number of amides is 1. The SMILES string of the molecule is CC(NC(=O)c1cc(F)c(Cl)cc1Cl)c1cccs1. The Morgan fingerprint density at radius 1 is 1.37 bits per heavy atom. The zero-order valence-electron chi connectivity index (χ0n) is 9.91. The van der Waals surface area contributed by atoms with E-state index in [9.17, 15) is 9.18 Å². The fourth-order valence-corrected chi connectivity index (χ4v) is 2.78. The first-order valence-corrected chi connectivity index (χ1v) is 7.11. The zero-order chi connectivity index (χ0) is 14.0. The molecule has 0 bridgehead atoms. The van der Waals surface area contributed by atoms with E-state index in [1.54, 1.807) is 0 Å². The highest BCUT2D eigenvalue weighted by Crippen LogP contribution is 2.25. The summed E-state index contributed by atoms with van der Waals surface area (Å²) in [6, 6.07) is 5.92. The van der Waals surface area contributed by atoms with E-state index in [4.69, 9.17) is 23.2 Å². The van der Waals surface area contributed by atoms with Crippen LogP contribution in [0.5, 0.6) is 0 Å². The summed E-state index contributed by atoms with van der Waals surface area (Å²) in [4.78, 5) is 13.0. The molecule has 0 fully saturated rings. The van der Waals surface area contributed by atoms with E-state index in [0.29, 0.717) is 0 Å². The molecular formula is C13H10Cl2FNOS. The number of halogens is 3. The highest BCUT2D eigenvalue weighted by Gasteiger charge is 2.17. The van der Waals surface area contributed by atoms with Crippen molar-refractivity contribution in [1.29, 1.82) is 0 Å². The monoisotopic (exact) mass is 317 g/mol. The first-order valence-electron chi connectivity index (χ1n) is 5.48. The van der Waals surface area contributed by atoms with Crippen LogP contribution in [0.1, 0.15) is 28.2 Å². The van der Waals surface area contributed by atoms with Gasteiger partial charge in [-0.3, -0.25) is 4.79 Å². The summed E-state index contributed by atoms with van der Waals surface area (Å²) >= 11 is 13.0. The topological polar surface area (TPSA) is 29.1 Å². The van der Waals surface area contributed by atoms with Gasteiger partial charge >= 0.3 is 0 Å². The van der Waals surface area contributed by atoms with Crippen LogP contribution in [0.2, 0.25) is 10.0 Å². The summed E-state index contributed by atoms with van der Waals surface area (Å²) in [7, 11) is 0.